The number of benzene rings is 1. The monoisotopic (exact) mass is 410 g/mol. The number of imidazole rings is 1. The molecular weight excluding hydrogens is 388 g/mol. The zero-order chi connectivity index (χ0) is 21.4. The third-order valence-corrected chi connectivity index (χ3v) is 5.08. The third kappa shape index (κ3) is 3.88. The quantitative estimate of drug-likeness (QED) is 0.588. The minimum atomic E-state index is -0.507. The second kappa shape index (κ2) is 7.62. The summed E-state index contributed by atoms with van der Waals surface area (Å²) in [6, 6.07) is 7.37. The lowest BCUT2D eigenvalue weighted by atomic mass is 10.1. The Morgan fingerprint density at radius 3 is 2.43 bits per heavy atom. The van der Waals surface area contributed by atoms with Gasteiger partial charge in [-0.15, -0.1) is 0 Å². The first-order valence-electron chi connectivity index (χ1n) is 9.62. The van der Waals surface area contributed by atoms with Crippen molar-refractivity contribution in [2.24, 2.45) is 14.1 Å². The van der Waals surface area contributed by atoms with Crippen molar-refractivity contribution in [3.8, 4) is 0 Å². The van der Waals surface area contributed by atoms with Gasteiger partial charge in [0.05, 0.1) is 12.7 Å². The number of aryl methyl sites for hydroxylation is 1. The van der Waals surface area contributed by atoms with E-state index in [-0.39, 0.29) is 29.5 Å². The third-order valence-electron chi connectivity index (χ3n) is 5.08. The van der Waals surface area contributed by atoms with Crippen LogP contribution in [0, 0.1) is 0 Å². The van der Waals surface area contributed by atoms with Crippen molar-refractivity contribution in [3.05, 3.63) is 57.0 Å². The Labute approximate surface area is 171 Å². The minimum absolute atomic E-state index is 0.00254. The maximum absolute atomic E-state index is 12.5. The van der Waals surface area contributed by atoms with Crippen molar-refractivity contribution < 1.29 is 9.59 Å². The van der Waals surface area contributed by atoms with Crippen molar-refractivity contribution in [1.29, 1.82) is 0 Å². The maximum Gasteiger partial charge on any atom is 0.332 e. The molecule has 1 aliphatic carbocycles. The largest absolute Gasteiger partial charge is 0.353 e. The van der Waals surface area contributed by atoms with E-state index < -0.39 is 11.2 Å². The highest BCUT2D eigenvalue weighted by Crippen LogP contribution is 2.19. The summed E-state index contributed by atoms with van der Waals surface area (Å²) >= 11 is 0. The molecule has 2 aromatic heterocycles. The molecule has 156 valence electrons. The molecular formula is C20H22N6O4. The Hall–Kier alpha value is -3.69. The number of hydrogen-bond donors (Lipinski definition) is 2. The Morgan fingerprint density at radius 2 is 1.77 bits per heavy atom. The highest BCUT2D eigenvalue weighted by Gasteiger charge is 2.23. The molecule has 30 heavy (non-hydrogen) atoms. The fourth-order valence-electron chi connectivity index (χ4n) is 3.27. The van der Waals surface area contributed by atoms with Crippen LogP contribution in [0.2, 0.25) is 0 Å². The summed E-state index contributed by atoms with van der Waals surface area (Å²) < 4.78 is 3.67. The molecule has 0 unspecified atom stereocenters. The number of amides is 2. The number of aromatic nitrogens is 4. The summed E-state index contributed by atoms with van der Waals surface area (Å²) in [5.74, 6) is -0.346. The Kier molecular flexibility index (Phi) is 4.98. The van der Waals surface area contributed by atoms with E-state index in [1.54, 1.807) is 24.3 Å². The van der Waals surface area contributed by atoms with Crippen LogP contribution in [0.15, 0.2) is 40.2 Å². The molecule has 10 nitrogen and oxygen atoms in total. The number of hydrogen-bond acceptors (Lipinski definition) is 5. The van der Waals surface area contributed by atoms with E-state index >= 15 is 0 Å². The van der Waals surface area contributed by atoms with Crippen LogP contribution in [0.25, 0.3) is 11.2 Å². The average Bonchev–Trinajstić information content (AvgIpc) is 3.43. The van der Waals surface area contributed by atoms with Crippen LogP contribution in [0.3, 0.4) is 0 Å². The van der Waals surface area contributed by atoms with E-state index in [1.165, 1.54) is 29.6 Å². The smallest absolute Gasteiger partial charge is 0.332 e. The van der Waals surface area contributed by atoms with E-state index in [1.807, 2.05) is 0 Å². The lowest BCUT2D eigenvalue weighted by molar-refractivity contribution is -0.120. The van der Waals surface area contributed by atoms with Gasteiger partial charge in [0.1, 0.15) is 6.54 Å². The molecule has 1 aromatic carbocycles. The lowest BCUT2D eigenvalue weighted by Crippen LogP contribution is -2.37. The average molecular weight is 410 g/mol. The predicted molar refractivity (Wildman–Crippen MR) is 110 cm³/mol. The predicted octanol–water partition coefficient (Wildman–Crippen LogP) is -0.106. The number of nitrogens with one attached hydrogen (secondary N) is 2. The number of fused-ring (bicyclic) bond motifs is 1. The van der Waals surface area contributed by atoms with Crippen LogP contribution in [-0.2, 0) is 36.6 Å². The normalized spacial score (nSPS) is 13.4. The van der Waals surface area contributed by atoms with Crippen LogP contribution in [-0.4, -0.2) is 36.5 Å². The molecule has 3 aromatic rings. The van der Waals surface area contributed by atoms with Crippen LogP contribution in [0.5, 0.6) is 0 Å². The van der Waals surface area contributed by atoms with Crippen molar-refractivity contribution in [3.63, 3.8) is 0 Å². The summed E-state index contributed by atoms with van der Waals surface area (Å²) in [6.45, 7) is -0.129. The molecule has 0 radical (unpaired) electrons. The first-order chi connectivity index (χ1) is 14.3. The van der Waals surface area contributed by atoms with Crippen LogP contribution in [0.1, 0.15) is 18.4 Å². The minimum Gasteiger partial charge on any atom is -0.353 e. The van der Waals surface area contributed by atoms with E-state index in [4.69, 9.17) is 0 Å². The lowest BCUT2D eigenvalue weighted by Gasteiger charge is -2.09. The van der Waals surface area contributed by atoms with Gasteiger partial charge < -0.3 is 15.2 Å². The summed E-state index contributed by atoms with van der Waals surface area (Å²) in [5, 5.41) is 5.70. The first kappa shape index (κ1) is 19.6. The summed E-state index contributed by atoms with van der Waals surface area (Å²) in [5.41, 5.74) is 0.865. The van der Waals surface area contributed by atoms with Gasteiger partial charge in [-0.1, -0.05) is 12.1 Å². The van der Waals surface area contributed by atoms with Crippen LogP contribution in [0.4, 0.5) is 5.69 Å². The topological polar surface area (TPSA) is 120 Å². The van der Waals surface area contributed by atoms with Gasteiger partial charge in [-0.2, -0.15) is 0 Å². The second-order valence-electron chi connectivity index (χ2n) is 7.51. The summed E-state index contributed by atoms with van der Waals surface area (Å²) in [7, 11) is 2.90. The number of carbonyl (C=O) groups is 2. The zero-order valence-corrected chi connectivity index (χ0v) is 16.7. The van der Waals surface area contributed by atoms with Gasteiger partial charge in [0.2, 0.25) is 11.8 Å². The number of rotatable bonds is 6. The van der Waals surface area contributed by atoms with Gasteiger partial charge in [0.25, 0.3) is 5.56 Å². The van der Waals surface area contributed by atoms with Crippen molar-refractivity contribution in [2.45, 2.75) is 31.8 Å². The van der Waals surface area contributed by atoms with Crippen molar-refractivity contribution >= 4 is 28.7 Å². The highest BCUT2D eigenvalue weighted by atomic mass is 16.2. The summed E-state index contributed by atoms with van der Waals surface area (Å²) in [6.07, 6.45) is 3.76. The molecule has 0 bridgehead atoms. The van der Waals surface area contributed by atoms with E-state index in [2.05, 4.69) is 15.6 Å². The summed E-state index contributed by atoms with van der Waals surface area (Å²) in [4.78, 5) is 52.9. The Bertz CT molecular complexity index is 1250. The molecule has 10 heteroatoms. The van der Waals surface area contributed by atoms with Gasteiger partial charge in [0.15, 0.2) is 11.2 Å². The van der Waals surface area contributed by atoms with Gasteiger partial charge in [-0.25, -0.2) is 9.78 Å². The van der Waals surface area contributed by atoms with Gasteiger partial charge >= 0.3 is 5.69 Å². The molecule has 0 atom stereocenters. The fourth-order valence-corrected chi connectivity index (χ4v) is 3.27. The molecule has 2 heterocycles. The molecule has 4 rings (SSSR count). The molecule has 1 aliphatic rings. The highest BCUT2D eigenvalue weighted by molar-refractivity contribution is 5.91. The molecule has 2 amide bonds. The number of anilines is 1. The van der Waals surface area contributed by atoms with E-state index in [9.17, 15) is 19.2 Å². The molecule has 1 saturated carbocycles. The second-order valence-corrected chi connectivity index (χ2v) is 7.51. The molecule has 0 spiro atoms. The molecule has 2 N–H and O–H groups in total. The van der Waals surface area contributed by atoms with Crippen LogP contribution < -0.4 is 21.9 Å². The molecule has 1 fully saturated rings. The van der Waals surface area contributed by atoms with Gasteiger partial charge in [-0.3, -0.25) is 23.5 Å². The van der Waals surface area contributed by atoms with Crippen LogP contribution >= 0.6 is 0 Å². The van der Waals surface area contributed by atoms with E-state index in [0.717, 1.165) is 23.0 Å². The molecule has 0 saturated heterocycles. The SMILES string of the molecule is Cn1c(=O)c2c(ncn2CC(=O)Nc2ccc(CC(=O)NC3CC3)cc2)n(C)c1=O. The van der Waals surface area contributed by atoms with Crippen molar-refractivity contribution in [1.82, 2.24) is 24.0 Å². The Morgan fingerprint density at radius 1 is 1.07 bits per heavy atom. The van der Waals surface area contributed by atoms with E-state index in [0.29, 0.717) is 18.2 Å². The maximum atomic E-state index is 12.5. The van der Waals surface area contributed by atoms with Gasteiger partial charge in [-0.05, 0) is 30.5 Å². The van der Waals surface area contributed by atoms with Crippen molar-refractivity contribution in [2.75, 3.05) is 5.32 Å². The fraction of sp³-hybridized carbons (Fsp3) is 0.350. The van der Waals surface area contributed by atoms with Gasteiger partial charge in [0, 0.05) is 25.8 Å². The number of carbonyl (C=O) groups excluding carboxylic acids is 2. The zero-order valence-electron chi connectivity index (χ0n) is 16.7. The molecule has 0 aliphatic heterocycles. The standard InChI is InChI=1S/C20H22N6O4/c1-24-18-17(19(29)25(2)20(24)30)26(11-21-18)10-16(28)23-13-5-3-12(4-6-13)9-15(27)22-14-7-8-14/h3-6,11,14H,7-10H2,1-2H3,(H,22,27)(H,23,28). The number of nitrogens with zero attached hydrogens (tertiary/aromatic N) is 4. The first-order valence-corrected chi connectivity index (χ1v) is 9.62. The Balaban J connectivity index is 1.44.